The van der Waals surface area contributed by atoms with Gasteiger partial charge in [-0.3, -0.25) is 4.79 Å². The number of rotatable bonds is 5. The van der Waals surface area contributed by atoms with Gasteiger partial charge >= 0.3 is 0 Å². The molecule has 1 aliphatic rings. The second-order valence-electron chi connectivity index (χ2n) is 6.28. The summed E-state index contributed by atoms with van der Waals surface area (Å²) < 4.78 is 1.18. The minimum absolute atomic E-state index is 0.0634. The number of hydrogen-bond donors (Lipinski definition) is 1. The maximum Gasteiger partial charge on any atom is 0.261 e. The highest BCUT2D eigenvalue weighted by atomic mass is 32.1. The Labute approximate surface area is 136 Å². The van der Waals surface area contributed by atoms with Crippen LogP contribution in [-0.2, 0) is 0 Å². The minimum atomic E-state index is 0.0634. The quantitative estimate of drug-likeness (QED) is 0.852. The Kier molecular flexibility index (Phi) is 5.11. The lowest BCUT2D eigenvalue weighted by Gasteiger charge is -2.30. The maximum absolute atomic E-state index is 12.2. The number of piperidine rings is 1. The molecule has 1 fully saturated rings. The van der Waals surface area contributed by atoms with Crippen molar-refractivity contribution in [1.82, 2.24) is 10.2 Å². The number of amides is 1. The van der Waals surface area contributed by atoms with E-state index < -0.39 is 0 Å². The van der Waals surface area contributed by atoms with Crippen LogP contribution in [0.25, 0.3) is 10.1 Å². The van der Waals surface area contributed by atoms with E-state index >= 15 is 0 Å². The van der Waals surface area contributed by atoms with Crippen LogP contribution in [-0.4, -0.2) is 37.0 Å². The topological polar surface area (TPSA) is 32.3 Å². The third kappa shape index (κ3) is 3.87. The highest BCUT2D eigenvalue weighted by molar-refractivity contribution is 7.20. The summed E-state index contributed by atoms with van der Waals surface area (Å²) in [5.41, 5.74) is 0. The van der Waals surface area contributed by atoms with Crippen molar-refractivity contribution < 1.29 is 4.79 Å². The molecule has 0 radical (unpaired) electrons. The summed E-state index contributed by atoms with van der Waals surface area (Å²) >= 11 is 1.57. The van der Waals surface area contributed by atoms with Crippen molar-refractivity contribution in [2.45, 2.75) is 26.2 Å². The van der Waals surface area contributed by atoms with Gasteiger partial charge in [-0.15, -0.1) is 11.3 Å². The number of carbonyl (C=O) groups excluding carboxylic acids is 1. The number of nitrogens with zero attached hydrogens (tertiary/aromatic N) is 1. The molecular formula is C18H24N2OS. The Balaban J connectivity index is 1.42. The van der Waals surface area contributed by atoms with Gasteiger partial charge in [0.2, 0.25) is 0 Å². The smallest absolute Gasteiger partial charge is 0.261 e. The van der Waals surface area contributed by atoms with E-state index in [4.69, 9.17) is 0 Å². The number of carbonyl (C=O) groups is 1. The van der Waals surface area contributed by atoms with Gasteiger partial charge in [0.05, 0.1) is 4.88 Å². The predicted octanol–water partition coefficient (Wildman–Crippen LogP) is 3.75. The summed E-state index contributed by atoms with van der Waals surface area (Å²) in [4.78, 5) is 15.5. The molecular weight excluding hydrogens is 292 g/mol. The Morgan fingerprint density at radius 3 is 2.86 bits per heavy atom. The fourth-order valence-corrected chi connectivity index (χ4v) is 3.95. The molecule has 1 aromatic heterocycles. The number of nitrogens with one attached hydrogen (secondary N) is 1. The minimum Gasteiger partial charge on any atom is -0.351 e. The van der Waals surface area contributed by atoms with Crippen LogP contribution >= 0.6 is 11.3 Å². The lowest BCUT2D eigenvalue weighted by atomic mass is 9.99. The van der Waals surface area contributed by atoms with Crippen LogP contribution in [0.1, 0.15) is 35.9 Å². The van der Waals surface area contributed by atoms with Gasteiger partial charge in [-0.2, -0.15) is 0 Å². The molecule has 2 aromatic rings. The molecule has 22 heavy (non-hydrogen) atoms. The molecule has 0 atom stereocenters. The lowest BCUT2D eigenvalue weighted by Crippen LogP contribution is -2.35. The van der Waals surface area contributed by atoms with Crippen molar-refractivity contribution in [2.75, 3.05) is 26.2 Å². The first-order valence-corrected chi connectivity index (χ1v) is 9.03. The highest BCUT2D eigenvalue weighted by Crippen LogP contribution is 2.25. The zero-order valence-electron chi connectivity index (χ0n) is 13.2. The molecule has 3 rings (SSSR count). The van der Waals surface area contributed by atoms with Crippen molar-refractivity contribution in [3.8, 4) is 0 Å². The van der Waals surface area contributed by atoms with Crippen LogP contribution < -0.4 is 5.32 Å². The lowest BCUT2D eigenvalue weighted by molar-refractivity contribution is 0.0954. The fraction of sp³-hybridized carbons (Fsp3) is 0.500. The summed E-state index contributed by atoms with van der Waals surface area (Å²) in [5, 5.41) is 4.21. The zero-order chi connectivity index (χ0) is 15.4. The summed E-state index contributed by atoms with van der Waals surface area (Å²) in [6.07, 6.45) is 3.66. The zero-order valence-corrected chi connectivity index (χ0v) is 14.0. The van der Waals surface area contributed by atoms with Gasteiger partial charge in [-0.1, -0.05) is 25.1 Å². The van der Waals surface area contributed by atoms with E-state index in [0.29, 0.717) is 0 Å². The van der Waals surface area contributed by atoms with Gasteiger partial charge in [0.1, 0.15) is 0 Å². The number of hydrogen-bond acceptors (Lipinski definition) is 3. The predicted molar refractivity (Wildman–Crippen MR) is 93.6 cm³/mol. The summed E-state index contributed by atoms with van der Waals surface area (Å²) in [6, 6.07) is 10.1. The monoisotopic (exact) mass is 316 g/mol. The molecule has 4 heteroatoms. The first-order chi connectivity index (χ1) is 10.7. The molecule has 1 saturated heterocycles. The molecule has 0 spiro atoms. The van der Waals surface area contributed by atoms with Crippen LogP contribution in [0.5, 0.6) is 0 Å². The SMILES string of the molecule is CC1CCN(CCCNC(=O)c2cc3ccccc3s2)CC1. The molecule has 0 unspecified atom stereocenters. The van der Waals surface area contributed by atoms with E-state index in [2.05, 4.69) is 29.3 Å². The van der Waals surface area contributed by atoms with Gasteiger partial charge in [0.15, 0.2) is 0 Å². The van der Waals surface area contributed by atoms with Crippen LogP contribution in [0, 0.1) is 5.92 Å². The summed E-state index contributed by atoms with van der Waals surface area (Å²) in [6.45, 7) is 6.62. The van der Waals surface area contributed by atoms with Gasteiger partial charge in [-0.25, -0.2) is 0 Å². The van der Waals surface area contributed by atoms with Gasteiger partial charge in [0, 0.05) is 11.2 Å². The average Bonchev–Trinajstić information content (AvgIpc) is 2.97. The second-order valence-corrected chi connectivity index (χ2v) is 7.37. The van der Waals surface area contributed by atoms with Gasteiger partial charge in [-0.05, 0) is 62.3 Å². The Hall–Kier alpha value is -1.39. The van der Waals surface area contributed by atoms with E-state index in [1.807, 2.05) is 18.2 Å². The third-order valence-corrected chi connectivity index (χ3v) is 5.58. The van der Waals surface area contributed by atoms with E-state index in [0.717, 1.165) is 35.7 Å². The maximum atomic E-state index is 12.2. The van der Waals surface area contributed by atoms with Crippen molar-refractivity contribution in [1.29, 1.82) is 0 Å². The van der Waals surface area contributed by atoms with Gasteiger partial charge in [0.25, 0.3) is 5.91 Å². The van der Waals surface area contributed by atoms with Crippen molar-refractivity contribution in [3.63, 3.8) is 0 Å². The first kappa shape index (κ1) is 15.5. The van der Waals surface area contributed by atoms with E-state index in [1.54, 1.807) is 11.3 Å². The fourth-order valence-electron chi connectivity index (χ4n) is 2.97. The van der Waals surface area contributed by atoms with Crippen molar-refractivity contribution >= 4 is 27.3 Å². The van der Waals surface area contributed by atoms with E-state index in [1.165, 1.54) is 30.6 Å². The number of thiophene rings is 1. The van der Waals surface area contributed by atoms with Gasteiger partial charge < -0.3 is 10.2 Å². The largest absolute Gasteiger partial charge is 0.351 e. The van der Waals surface area contributed by atoms with Crippen molar-refractivity contribution in [3.05, 3.63) is 35.2 Å². The summed E-state index contributed by atoms with van der Waals surface area (Å²) in [7, 11) is 0. The van der Waals surface area contributed by atoms with Crippen LogP contribution in [0.2, 0.25) is 0 Å². The molecule has 118 valence electrons. The Morgan fingerprint density at radius 1 is 1.32 bits per heavy atom. The van der Waals surface area contributed by atoms with Crippen LogP contribution in [0.15, 0.2) is 30.3 Å². The molecule has 2 heterocycles. The second kappa shape index (κ2) is 7.25. The van der Waals surface area contributed by atoms with Crippen molar-refractivity contribution in [2.24, 2.45) is 5.92 Å². The number of fused-ring (bicyclic) bond motifs is 1. The molecule has 3 nitrogen and oxygen atoms in total. The van der Waals surface area contributed by atoms with Crippen LogP contribution in [0.3, 0.4) is 0 Å². The third-order valence-electron chi connectivity index (χ3n) is 4.46. The molecule has 0 saturated carbocycles. The first-order valence-electron chi connectivity index (χ1n) is 8.21. The number of benzene rings is 1. The molecule has 1 N–H and O–H groups in total. The highest BCUT2D eigenvalue weighted by Gasteiger charge is 2.15. The molecule has 0 aliphatic carbocycles. The molecule has 0 bridgehead atoms. The van der Waals surface area contributed by atoms with Crippen LogP contribution in [0.4, 0.5) is 0 Å². The Morgan fingerprint density at radius 2 is 2.09 bits per heavy atom. The Bertz CT molecular complexity index is 596. The molecule has 1 aromatic carbocycles. The summed E-state index contributed by atoms with van der Waals surface area (Å²) in [5.74, 6) is 0.942. The molecule has 1 aliphatic heterocycles. The average molecular weight is 316 g/mol. The standard InChI is InChI=1S/C18H24N2OS/c1-14-7-11-20(12-8-14)10-4-9-19-18(21)17-13-15-5-2-3-6-16(15)22-17/h2-3,5-6,13-14H,4,7-12H2,1H3,(H,19,21). The normalized spacial score (nSPS) is 17.0. The van der Waals surface area contributed by atoms with E-state index in [9.17, 15) is 4.79 Å². The van der Waals surface area contributed by atoms with E-state index in [-0.39, 0.29) is 5.91 Å². The number of likely N-dealkylation sites (tertiary alicyclic amines) is 1. The molecule has 1 amide bonds.